The third-order valence-electron chi connectivity index (χ3n) is 2.84. The molecule has 1 atom stereocenters. The Labute approximate surface area is 86.9 Å². The van der Waals surface area contributed by atoms with Gasteiger partial charge >= 0.3 is 0 Å². The van der Waals surface area contributed by atoms with Gasteiger partial charge in [0, 0.05) is 6.54 Å². The molecule has 0 aromatic heterocycles. The van der Waals surface area contributed by atoms with Crippen molar-refractivity contribution in [1.82, 2.24) is 10.2 Å². The van der Waals surface area contributed by atoms with Crippen LogP contribution in [-0.2, 0) is 4.79 Å². The van der Waals surface area contributed by atoms with Crippen LogP contribution in [0.3, 0.4) is 0 Å². The zero-order chi connectivity index (χ0) is 10.6. The van der Waals surface area contributed by atoms with Gasteiger partial charge in [0.15, 0.2) is 0 Å². The first kappa shape index (κ1) is 11.5. The summed E-state index contributed by atoms with van der Waals surface area (Å²) in [6.45, 7) is 6.23. The maximum atomic E-state index is 11.7. The maximum absolute atomic E-state index is 11.7. The molecule has 1 saturated heterocycles. The number of carbonyl (C=O) groups is 1. The third kappa shape index (κ3) is 3.29. The molecule has 0 radical (unpaired) electrons. The molecule has 0 saturated carbocycles. The highest BCUT2D eigenvalue weighted by Crippen LogP contribution is 2.14. The molecule has 14 heavy (non-hydrogen) atoms. The Morgan fingerprint density at radius 2 is 2.29 bits per heavy atom. The molecule has 0 spiro atoms. The minimum absolute atomic E-state index is 0.127. The second kappa shape index (κ2) is 5.35. The van der Waals surface area contributed by atoms with Gasteiger partial charge in [0.1, 0.15) is 0 Å². The number of nitrogens with one attached hydrogen (secondary N) is 1. The average Bonchev–Trinajstić information content (AvgIpc) is 2.50. The molecule has 0 bridgehead atoms. The molecule has 82 valence electrons. The lowest BCUT2D eigenvalue weighted by Gasteiger charge is -2.18. The zero-order valence-electron chi connectivity index (χ0n) is 9.55. The maximum Gasteiger partial charge on any atom is 0.237 e. The molecule has 0 aromatic rings. The lowest BCUT2D eigenvalue weighted by atomic mass is 10.1. The van der Waals surface area contributed by atoms with Crippen LogP contribution >= 0.6 is 0 Å². The second-order valence-electron chi connectivity index (χ2n) is 4.61. The van der Waals surface area contributed by atoms with Crippen LogP contribution in [-0.4, -0.2) is 37.0 Å². The van der Waals surface area contributed by atoms with Crippen LogP contribution in [0.4, 0.5) is 0 Å². The summed E-state index contributed by atoms with van der Waals surface area (Å²) >= 11 is 0. The number of likely N-dealkylation sites (N-methyl/N-ethyl adjacent to an activating group) is 1. The monoisotopic (exact) mass is 198 g/mol. The van der Waals surface area contributed by atoms with Crippen molar-refractivity contribution in [2.45, 2.75) is 39.2 Å². The highest BCUT2D eigenvalue weighted by Gasteiger charge is 2.27. The number of rotatable bonds is 4. The standard InChI is InChI=1S/C11H22N2O/c1-9(2)6-7-12-11(14)10-5-4-8-13(10)3/h9-10H,4-8H2,1-3H3,(H,12,14). The summed E-state index contributed by atoms with van der Waals surface area (Å²) in [7, 11) is 2.03. The number of amides is 1. The minimum atomic E-state index is 0.127. The van der Waals surface area contributed by atoms with Crippen molar-refractivity contribution in [2.75, 3.05) is 20.1 Å². The van der Waals surface area contributed by atoms with E-state index in [0.29, 0.717) is 5.92 Å². The summed E-state index contributed by atoms with van der Waals surface area (Å²) < 4.78 is 0. The van der Waals surface area contributed by atoms with Crippen molar-refractivity contribution in [3.63, 3.8) is 0 Å². The Morgan fingerprint density at radius 3 is 2.79 bits per heavy atom. The average molecular weight is 198 g/mol. The predicted octanol–water partition coefficient (Wildman–Crippen LogP) is 1.24. The Balaban J connectivity index is 2.21. The first-order chi connectivity index (χ1) is 6.61. The molecule has 3 heteroatoms. The summed E-state index contributed by atoms with van der Waals surface area (Å²) in [6, 6.07) is 0.127. The molecular weight excluding hydrogens is 176 g/mol. The molecule has 1 unspecified atom stereocenters. The number of carbonyl (C=O) groups excluding carboxylic acids is 1. The van der Waals surface area contributed by atoms with Gasteiger partial charge in [-0.05, 0) is 38.8 Å². The van der Waals surface area contributed by atoms with Gasteiger partial charge in [0.25, 0.3) is 0 Å². The fourth-order valence-electron chi connectivity index (χ4n) is 1.84. The van der Waals surface area contributed by atoms with Gasteiger partial charge in [-0.15, -0.1) is 0 Å². The van der Waals surface area contributed by atoms with E-state index in [-0.39, 0.29) is 11.9 Å². The molecule has 0 aromatic carbocycles. The zero-order valence-corrected chi connectivity index (χ0v) is 9.55. The summed E-state index contributed by atoms with van der Waals surface area (Å²) in [5.74, 6) is 0.877. The van der Waals surface area contributed by atoms with Gasteiger partial charge < -0.3 is 5.32 Å². The number of hydrogen-bond acceptors (Lipinski definition) is 2. The molecule has 1 aliphatic heterocycles. The third-order valence-corrected chi connectivity index (χ3v) is 2.84. The van der Waals surface area contributed by atoms with E-state index in [0.717, 1.165) is 32.4 Å². The van der Waals surface area contributed by atoms with Crippen LogP contribution in [0.5, 0.6) is 0 Å². The largest absolute Gasteiger partial charge is 0.355 e. The van der Waals surface area contributed by atoms with E-state index < -0.39 is 0 Å². The van der Waals surface area contributed by atoms with E-state index in [1.54, 1.807) is 0 Å². The SMILES string of the molecule is CC(C)CCNC(=O)C1CCCN1C. The van der Waals surface area contributed by atoms with Gasteiger partial charge in [-0.2, -0.15) is 0 Å². The van der Waals surface area contributed by atoms with Crippen LogP contribution in [0.15, 0.2) is 0 Å². The van der Waals surface area contributed by atoms with Crippen molar-refractivity contribution in [3.8, 4) is 0 Å². The molecule has 1 rings (SSSR count). The van der Waals surface area contributed by atoms with Gasteiger partial charge in [0.2, 0.25) is 5.91 Å². The summed E-state index contributed by atoms with van der Waals surface area (Å²) in [4.78, 5) is 13.8. The van der Waals surface area contributed by atoms with Crippen molar-refractivity contribution < 1.29 is 4.79 Å². The fraction of sp³-hybridized carbons (Fsp3) is 0.909. The molecule has 3 nitrogen and oxygen atoms in total. The van der Waals surface area contributed by atoms with Gasteiger partial charge in [-0.25, -0.2) is 0 Å². The lowest BCUT2D eigenvalue weighted by Crippen LogP contribution is -2.41. The summed E-state index contributed by atoms with van der Waals surface area (Å²) in [5, 5.41) is 3.01. The van der Waals surface area contributed by atoms with E-state index in [1.807, 2.05) is 7.05 Å². The molecule has 1 N–H and O–H groups in total. The Kier molecular flexibility index (Phi) is 4.39. The Hall–Kier alpha value is -0.570. The van der Waals surface area contributed by atoms with Gasteiger partial charge in [0.05, 0.1) is 6.04 Å². The van der Waals surface area contributed by atoms with Gasteiger partial charge in [-0.1, -0.05) is 13.8 Å². The highest BCUT2D eigenvalue weighted by atomic mass is 16.2. The first-order valence-corrected chi connectivity index (χ1v) is 5.59. The van der Waals surface area contributed by atoms with E-state index in [4.69, 9.17) is 0 Å². The molecule has 1 amide bonds. The normalized spacial score (nSPS) is 23.0. The van der Waals surface area contributed by atoms with Crippen molar-refractivity contribution in [3.05, 3.63) is 0 Å². The predicted molar refractivity (Wildman–Crippen MR) is 58.1 cm³/mol. The fourth-order valence-corrected chi connectivity index (χ4v) is 1.84. The number of likely N-dealkylation sites (tertiary alicyclic amines) is 1. The number of hydrogen-bond donors (Lipinski definition) is 1. The van der Waals surface area contributed by atoms with Crippen molar-refractivity contribution in [1.29, 1.82) is 0 Å². The second-order valence-corrected chi connectivity index (χ2v) is 4.61. The summed E-state index contributed by atoms with van der Waals surface area (Å²) in [5.41, 5.74) is 0. The van der Waals surface area contributed by atoms with Crippen molar-refractivity contribution in [2.24, 2.45) is 5.92 Å². The van der Waals surface area contributed by atoms with Crippen LogP contribution in [0, 0.1) is 5.92 Å². The number of nitrogens with zero attached hydrogens (tertiary/aromatic N) is 1. The minimum Gasteiger partial charge on any atom is -0.355 e. The molecule has 1 fully saturated rings. The van der Waals surface area contributed by atoms with Gasteiger partial charge in [-0.3, -0.25) is 9.69 Å². The topological polar surface area (TPSA) is 32.3 Å². The summed E-state index contributed by atoms with van der Waals surface area (Å²) in [6.07, 6.45) is 3.24. The lowest BCUT2D eigenvalue weighted by molar-refractivity contribution is -0.125. The first-order valence-electron chi connectivity index (χ1n) is 5.59. The molecule has 1 heterocycles. The van der Waals surface area contributed by atoms with E-state index in [9.17, 15) is 4.79 Å². The van der Waals surface area contributed by atoms with E-state index in [1.165, 1.54) is 0 Å². The highest BCUT2D eigenvalue weighted by molar-refractivity contribution is 5.81. The Bertz CT molecular complexity index is 192. The molecule has 0 aliphatic carbocycles. The van der Waals surface area contributed by atoms with Crippen LogP contribution < -0.4 is 5.32 Å². The molecular formula is C11H22N2O. The molecule has 1 aliphatic rings. The van der Waals surface area contributed by atoms with E-state index >= 15 is 0 Å². The smallest absolute Gasteiger partial charge is 0.237 e. The van der Waals surface area contributed by atoms with E-state index in [2.05, 4.69) is 24.1 Å². The van der Waals surface area contributed by atoms with Crippen LogP contribution in [0.2, 0.25) is 0 Å². The van der Waals surface area contributed by atoms with Crippen LogP contribution in [0.25, 0.3) is 0 Å². The van der Waals surface area contributed by atoms with Crippen molar-refractivity contribution >= 4 is 5.91 Å². The van der Waals surface area contributed by atoms with Crippen LogP contribution in [0.1, 0.15) is 33.1 Å². The quantitative estimate of drug-likeness (QED) is 0.737. The Morgan fingerprint density at radius 1 is 1.57 bits per heavy atom.